The van der Waals surface area contributed by atoms with Crippen molar-refractivity contribution in [1.29, 1.82) is 0 Å². The van der Waals surface area contributed by atoms with Crippen LogP contribution in [0.5, 0.6) is 0 Å². The van der Waals surface area contributed by atoms with Crippen molar-refractivity contribution in [2.24, 2.45) is 0 Å². The predicted octanol–water partition coefficient (Wildman–Crippen LogP) is 15.2. The van der Waals surface area contributed by atoms with Gasteiger partial charge in [-0.1, -0.05) is 166 Å². The minimum Gasteiger partial charge on any atom is -0.361 e. The number of benzene rings is 5. The average Bonchev–Trinajstić information content (AvgIpc) is 4.15. The van der Waals surface area contributed by atoms with E-state index in [1.807, 2.05) is 143 Å². The molecule has 5 aromatic carbocycles. The highest BCUT2D eigenvalue weighted by Gasteiger charge is 2.06. The van der Waals surface area contributed by atoms with Gasteiger partial charge < -0.3 is 25.3 Å². The molecule has 0 fully saturated rings. The maximum atomic E-state index is 3.29. The van der Waals surface area contributed by atoms with E-state index in [9.17, 15) is 0 Å². The van der Waals surface area contributed by atoms with E-state index in [0.29, 0.717) is 0 Å². The normalized spacial score (nSPS) is 9.61. The minimum atomic E-state index is 0. The van der Waals surface area contributed by atoms with Crippen LogP contribution in [0.15, 0.2) is 170 Å². The number of aromatic amines is 4. The number of para-hydroxylation sites is 4. The monoisotopic (exact) mass is 758 g/mol. The molecule has 1 aliphatic rings. The molecule has 0 bridgehead atoms. The molecule has 0 aliphatic carbocycles. The second-order valence-corrected chi connectivity index (χ2v) is 10.6. The van der Waals surface area contributed by atoms with E-state index in [1.165, 1.54) is 54.7 Å². The van der Waals surface area contributed by atoms with Crippen molar-refractivity contribution in [3.8, 4) is 0 Å². The molecule has 9 aromatic rings. The van der Waals surface area contributed by atoms with Crippen LogP contribution in [0.3, 0.4) is 0 Å². The summed E-state index contributed by atoms with van der Waals surface area (Å²) in [6.45, 7) is 22.1. The summed E-state index contributed by atoms with van der Waals surface area (Å²) in [5.74, 6) is 0. The van der Waals surface area contributed by atoms with Gasteiger partial charge in [-0.05, 0) is 81.2 Å². The van der Waals surface area contributed by atoms with Crippen molar-refractivity contribution >= 4 is 43.6 Å². The third-order valence-electron chi connectivity index (χ3n) is 7.60. The molecule has 0 amide bonds. The van der Waals surface area contributed by atoms with Gasteiger partial charge in [0.1, 0.15) is 0 Å². The SMILES string of the molecule is CC.CC.CC.CC.CC.F.c1ccc2[nH]ccc2c1.c1ccc2[nH]ccc2c1.c1ccc2[nH]ccc2c1.c1ccc2[nH]ccc2c1.c1ccc2c(c1)CNC2. The summed E-state index contributed by atoms with van der Waals surface area (Å²) in [5.41, 5.74) is 7.74. The van der Waals surface area contributed by atoms with Crippen molar-refractivity contribution in [3.05, 3.63) is 182 Å². The number of rotatable bonds is 0. The Labute approximate surface area is 336 Å². The lowest BCUT2D eigenvalue weighted by Crippen LogP contribution is -1.99. The van der Waals surface area contributed by atoms with Gasteiger partial charge in [0.2, 0.25) is 0 Å². The van der Waals surface area contributed by atoms with Crippen molar-refractivity contribution in [2.45, 2.75) is 82.3 Å². The van der Waals surface area contributed by atoms with E-state index in [0.717, 1.165) is 13.1 Å². The number of fused-ring (bicyclic) bond motifs is 5. The highest BCUT2D eigenvalue weighted by Crippen LogP contribution is 2.14. The second kappa shape index (κ2) is 32.6. The Kier molecular flexibility index (Phi) is 29.2. The first-order chi connectivity index (χ1) is 27.3. The molecular formula is C50H68FN5. The van der Waals surface area contributed by atoms with Crippen LogP contribution in [0.1, 0.15) is 80.4 Å². The molecule has 0 saturated carbocycles. The summed E-state index contributed by atoms with van der Waals surface area (Å²) >= 11 is 0. The van der Waals surface area contributed by atoms with Crippen molar-refractivity contribution in [3.63, 3.8) is 0 Å². The lowest BCUT2D eigenvalue weighted by molar-refractivity contribution is 0.765. The summed E-state index contributed by atoms with van der Waals surface area (Å²) < 4.78 is 0. The fraction of sp³-hybridized carbons (Fsp3) is 0.240. The third-order valence-corrected chi connectivity index (χ3v) is 7.60. The third kappa shape index (κ3) is 17.1. The maximum Gasteiger partial charge on any atom is 0.0453 e. The number of hydrogen-bond donors (Lipinski definition) is 5. The lowest BCUT2D eigenvalue weighted by Gasteiger charge is -1.91. The van der Waals surface area contributed by atoms with Crippen LogP contribution in [0, 0.1) is 0 Å². The van der Waals surface area contributed by atoms with Crippen LogP contribution in [0.2, 0.25) is 0 Å². The first-order valence-electron chi connectivity index (χ1n) is 20.2. The van der Waals surface area contributed by atoms with E-state index in [4.69, 9.17) is 0 Å². The molecule has 5 nitrogen and oxygen atoms in total. The molecule has 1 aliphatic heterocycles. The quantitative estimate of drug-likeness (QED) is 0.105. The second-order valence-electron chi connectivity index (χ2n) is 10.6. The lowest BCUT2D eigenvalue weighted by atomic mass is 10.1. The summed E-state index contributed by atoms with van der Waals surface area (Å²) in [5, 5.41) is 8.39. The molecule has 0 saturated heterocycles. The van der Waals surface area contributed by atoms with Gasteiger partial charge in [0.25, 0.3) is 0 Å². The standard InChI is InChI=1S/C8H9N.4C8H7N.5C2H6.FH/c1-2-4-8-6-9-5-7(8)3-1;4*1-2-4-8-7(3-1)5-6-9-8;5*1-2;/h1-4,9H,5-6H2;4*1-6,9H;5*1-2H3;1H. The minimum absolute atomic E-state index is 0. The van der Waals surface area contributed by atoms with Crippen LogP contribution in [0.25, 0.3) is 43.6 Å². The van der Waals surface area contributed by atoms with Crippen LogP contribution in [-0.2, 0) is 13.1 Å². The first kappa shape index (κ1) is 50.1. The van der Waals surface area contributed by atoms with Crippen molar-refractivity contribution < 1.29 is 4.70 Å². The summed E-state index contributed by atoms with van der Waals surface area (Å²) in [7, 11) is 0. The Morgan fingerprint density at radius 3 is 0.732 bits per heavy atom. The predicted molar refractivity (Wildman–Crippen MR) is 249 cm³/mol. The van der Waals surface area contributed by atoms with Gasteiger partial charge in [-0.25, -0.2) is 0 Å². The topological polar surface area (TPSA) is 75.2 Å². The van der Waals surface area contributed by atoms with Crippen LogP contribution < -0.4 is 5.32 Å². The molecular weight excluding hydrogens is 690 g/mol. The van der Waals surface area contributed by atoms with E-state index in [-0.39, 0.29) is 4.70 Å². The Morgan fingerprint density at radius 1 is 0.286 bits per heavy atom. The zero-order valence-corrected chi connectivity index (χ0v) is 35.5. The summed E-state index contributed by atoms with van der Waals surface area (Å²) in [6.07, 6.45) is 7.80. The van der Waals surface area contributed by atoms with E-state index in [1.54, 1.807) is 0 Å². The van der Waals surface area contributed by atoms with Crippen LogP contribution in [0.4, 0.5) is 4.70 Å². The van der Waals surface area contributed by atoms with Gasteiger partial charge in [0.05, 0.1) is 0 Å². The molecule has 5 N–H and O–H groups in total. The van der Waals surface area contributed by atoms with Gasteiger partial charge in [-0.3, -0.25) is 4.70 Å². The molecule has 56 heavy (non-hydrogen) atoms. The number of hydrogen-bond acceptors (Lipinski definition) is 1. The highest BCUT2D eigenvalue weighted by atomic mass is 19.0. The van der Waals surface area contributed by atoms with Gasteiger partial charge >= 0.3 is 0 Å². The molecule has 0 atom stereocenters. The van der Waals surface area contributed by atoms with Crippen LogP contribution >= 0.6 is 0 Å². The fourth-order valence-electron chi connectivity index (χ4n) is 5.21. The Bertz CT molecular complexity index is 1780. The average molecular weight is 758 g/mol. The fourth-order valence-corrected chi connectivity index (χ4v) is 5.21. The smallest absolute Gasteiger partial charge is 0.0453 e. The first-order valence-corrected chi connectivity index (χ1v) is 20.2. The van der Waals surface area contributed by atoms with Crippen LogP contribution in [-0.4, -0.2) is 19.9 Å². The molecule has 0 radical (unpaired) electrons. The largest absolute Gasteiger partial charge is 0.361 e. The van der Waals surface area contributed by atoms with Gasteiger partial charge in [0, 0.05) is 59.9 Å². The molecule has 300 valence electrons. The highest BCUT2D eigenvalue weighted by molar-refractivity contribution is 5.80. The molecule has 0 unspecified atom stereocenters. The molecule has 5 heterocycles. The van der Waals surface area contributed by atoms with E-state index in [2.05, 4.69) is 122 Å². The Hall–Kier alpha value is -5.85. The molecule has 4 aromatic heterocycles. The number of H-pyrrole nitrogens is 4. The number of halogens is 1. The zero-order chi connectivity index (χ0) is 40.5. The summed E-state index contributed by atoms with van der Waals surface area (Å²) in [4.78, 5) is 12.5. The number of nitrogens with one attached hydrogen (secondary N) is 5. The molecule has 6 heteroatoms. The van der Waals surface area contributed by atoms with E-state index >= 15 is 0 Å². The van der Waals surface area contributed by atoms with Gasteiger partial charge in [-0.2, -0.15) is 0 Å². The summed E-state index contributed by atoms with van der Waals surface area (Å²) in [6, 6.07) is 49.7. The Morgan fingerprint density at radius 2 is 0.500 bits per heavy atom. The molecule has 10 rings (SSSR count). The maximum absolute atomic E-state index is 3.29. The molecule has 0 spiro atoms. The van der Waals surface area contributed by atoms with E-state index < -0.39 is 0 Å². The van der Waals surface area contributed by atoms with Crippen molar-refractivity contribution in [2.75, 3.05) is 0 Å². The number of aromatic nitrogens is 4. The zero-order valence-electron chi connectivity index (χ0n) is 35.5. The van der Waals surface area contributed by atoms with Gasteiger partial charge in [0.15, 0.2) is 0 Å². The van der Waals surface area contributed by atoms with Gasteiger partial charge in [-0.15, -0.1) is 0 Å². The Balaban J connectivity index is 0.000000636. The van der Waals surface area contributed by atoms with Crippen molar-refractivity contribution in [1.82, 2.24) is 25.3 Å².